The molecule has 0 bridgehead atoms. The molecule has 0 saturated heterocycles. The van der Waals surface area contributed by atoms with Gasteiger partial charge in [-0.15, -0.1) is 11.3 Å². The lowest BCUT2D eigenvalue weighted by atomic mass is 10.2. The van der Waals surface area contributed by atoms with E-state index < -0.39 is 0 Å². The Kier molecular flexibility index (Phi) is 3.11. The minimum atomic E-state index is -0.213. The largest absolute Gasteiger partial charge is 0.397 e. The van der Waals surface area contributed by atoms with Crippen molar-refractivity contribution in [2.75, 3.05) is 5.73 Å². The van der Waals surface area contributed by atoms with Crippen molar-refractivity contribution in [3.05, 3.63) is 40.6 Å². The number of pyridine rings is 1. The Morgan fingerprint density at radius 2 is 2.38 bits per heavy atom. The molecule has 2 aromatic rings. The van der Waals surface area contributed by atoms with Gasteiger partial charge in [0, 0.05) is 17.8 Å². The van der Waals surface area contributed by atoms with Crippen LogP contribution in [0, 0.1) is 0 Å². The molecule has 16 heavy (non-hydrogen) atoms. The van der Waals surface area contributed by atoms with Crippen molar-refractivity contribution in [1.82, 2.24) is 15.3 Å². The summed E-state index contributed by atoms with van der Waals surface area (Å²) in [6.45, 7) is 0.415. The molecule has 0 unspecified atom stereocenters. The van der Waals surface area contributed by atoms with Gasteiger partial charge in [-0.3, -0.25) is 9.78 Å². The standard InChI is InChI=1S/C10H10N4OS/c11-8-5-12-2-1-7(8)10(15)14-6-9-13-3-4-16-9/h1-5H,6,11H2,(H,14,15). The Morgan fingerprint density at radius 3 is 3.06 bits per heavy atom. The van der Waals surface area contributed by atoms with Gasteiger partial charge in [0.1, 0.15) is 5.01 Å². The molecule has 0 aromatic carbocycles. The Hall–Kier alpha value is -1.95. The SMILES string of the molecule is Nc1cnccc1C(=O)NCc1nccs1. The lowest BCUT2D eigenvalue weighted by Gasteiger charge is -2.04. The number of amides is 1. The third-order valence-electron chi connectivity index (χ3n) is 1.98. The molecule has 5 nitrogen and oxygen atoms in total. The summed E-state index contributed by atoms with van der Waals surface area (Å²) in [5.41, 5.74) is 6.44. The van der Waals surface area contributed by atoms with Gasteiger partial charge in [0.15, 0.2) is 0 Å². The fourth-order valence-electron chi connectivity index (χ4n) is 1.20. The molecule has 2 heterocycles. The number of hydrogen-bond acceptors (Lipinski definition) is 5. The lowest BCUT2D eigenvalue weighted by molar-refractivity contribution is 0.0951. The minimum Gasteiger partial charge on any atom is -0.397 e. The van der Waals surface area contributed by atoms with E-state index in [1.54, 1.807) is 12.3 Å². The Bertz CT molecular complexity index is 483. The van der Waals surface area contributed by atoms with E-state index in [-0.39, 0.29) is 5.91 Å². The molecule has 0 aliphatic heterocycles. The molecule has 0 atom stereocenters. The molecular formula is C10H10N4OS. The van der Waals surface area contributed by atoms with Crippen molar-refractivity contribution >= 4 is 22.9 Å². The first-order chi connectivity index (χ1) is 7.77. The molecule has 0 aliphatic rings. The van der Waals surface area contributed by atoms with Crippen LogP contribution in [0.1, 0.15) is 15.4 Å². The molecule has 0 fully saturated rings. The van der Waals surface area contributed by atoms with Crippen LogP contribution in [0.4, 0.5) is 5.69 Å². The van der Waals surface area contributed by atoms with Crippen molar-refractivity contribution in [3.8, 4) is 0 Å². The van der Waals surface area contributed by atoms with Gasteiger partial charge < -0.3 is 11.1 Å². The number of nitrogens with zero attached hydrogens (tertiary/aromatic N) is 2. The van der Waals surface area contributed by atoms with Gasteiger partial charge in [-0.2, -0.15) is 0 Å². The number of carbonyl (C=O) groups is 1. The van der Waals surface area contributed by atoms with E-state index in [0.717, 1.165) is 5.01 Å². The van der Waals surface area contributed by atoms with E-state index >= 15 is 0 Å². The Balaban J connectivity index is 2.01. The van der Waals surface area contributed by atoms with Gasteiger partial charge >= 0.3 is 0 Å². The Labute approximate surface area is 96.3 Å². The summed E-state index contributed by atoms with van der Waals surface area (Å²) >= 11 is 1.49. The lowest BCUT2D eigenvalue weighted by Crippen LogP contribution is -2.23. The quantitative estimate of drug-likeness (QED) is 0.831. The molecule has 0 radical (unpaired) electrons. The number of rotatable bonds is 3. The van der Waals surface area contributed by atoms with Crippen molar-refractivity contribution in [2.45, 2.75) is 6.54 Å². The second-order valence-electron chi connectivity index (χ2n) is 3.07. The number of nitrogens with two attached hydrogens (primary N) is 1. The molecule has 0 spiro atoms. The topological polar surface area (TPSA) is 80.9 Å². The van der Waals surface area contributed by atoms with Crippen LogP contribution in [0.3, 0.4) is 0 Å². The van der Waals surface area contributed by atoms with Crippen LogP contribution in [-0.2, 0) is 6.54 Å². The van der Waals surface area contributed by atoms with Gasteiger partial charge in [0.05, 0.1) is 24.0 Å². The molecule has 0 aliphatic carbocycles. The molecular weight excluding hydrogens is 224 g/mol. The van der Waals surface area contributed by atoms with E-state index in [1.807, 2.05) is 5.38 Å². The van der Waals surface area contributed by atoms with E-state index in [9.17, 15) is 4.79 Å². The average molecular weight is 234 g/mol. The van der Waals surface area contributed by atoms with E-state index in [1.165, 1.54) is 23.7 Å². The van der Waals surface area contributed by atoms with Crippen molar-refractivity contribution in [1.29, 1.82) is 0 Å². The van der Waals surface area contributed by atoms with Gasteiger partial charge in [-0.1, -0.05) is 0 Å². The first-order valence-corrected chi connectivity index (χ1v) is 5.51. The van der Waals surface area contributed by atoms with Gasteiger partial charge in [-0.25, -0.2) is 4.98 Å². The maximum atomic E-state index is 11.7. The number of thiazole rings is 1. The molecule has 1 amide bonds. The van der Waals surface area contributed by atoms with Crippen LogP contribution >= 0.6 is 11.3 Å². The van der Waals surface area contributed by atoms with Crippen LogP contribution in [0.15, 0.2) is 30.0 Å². The summed E-state index contributed by atoms with van der Waals surface area (Å²) in [5.74, 6) is -0.213. The predicted octanol–water partition coefficient (Wildman–Crippen LogP) is 1.05. The molecule has 3 N–H and O–H groups in total. The van der Waals surface area contributed by atoms with Gasteiger partial charge in [-0.05, 0) is 6.07 Å². The summed E-state index contributed by atoms with van der Waals surface area (Å²) in [4.78, 5) is 19.6. The smallest absolute Gasteiger partial charge is 0.253 e. The van der Waals surface area contributed by atoms with Crippen LogP contribution in [0.5, 0.6) is 0 Å². The van der Waals surface area contributed by atoms with Crippen molar-refractivity contribution in [2.24, 2.45) is 0 Å². The summed E-state index contributed by atoms with van der Waals surface area (Å²) < 4.78 is 0. The number of nitrogens with one attached hydrogen (secondary N) is 1. The first kappa shape index (κ1) is 10.6. The van der Waals surface area contributed by atoms with Gasteiger partial charge in [0.2, 0.25) is 0 Å². The van der Waals surface area contributed by atoms with Crippen LogP contribution in [0.25, 0.3) is 0 Å². The number of aromatic nitrogens is 2. The molecule has 0 saturated carbocycles. The normalized spacial score (nSPS) is 10.0. The highest BCUT2D eigenvalue weighted by Gasteiger charge is 2.08. The predicted molar refractivity (Wildman–Crippen MR) is 61.9 cm³/mol. The third-order valence-corrected chi connectivity index (χ3v) is 2.76. The molecule has 2 aromatic heterocycles. The zero-order valence-corrected chi connectivity index (χ0v) is 9.20. The zero-order valence-electron chi connectivity index (χ0n) is 8.38. The summed E-state index contributed by atoms with van der Waals surface area (Å²) in [7, 11) is 0. The summed E-state index contributed by atoms with van der Waals surface area (Å²) in [6, 6.07) is 1.59. The number of anilines is 1. The fraction of sp³-hybridized carbons (Fsp3) is 0.100. The number of hydrogen-bond donors (Lipinski definition) is 2. The van der Waals surface area contributed by atoms with Crippen molar-refractivity contribution < 1.29 is 4.79 Å². The highest BCUT2D eigenvalue weighted by molar-refractivity contribution is 7.09. The monoisotopic (exact) mass is 234 g/mol. The van der Waals surface area contributed by atoms with Crippen molar-refractivity contribution in [3.63, 3.8) is 0 Å². The maximum absolute atomic E-state index is 11.7. The average Bonchev–Trinajstić information content (AvgIpc) is 2.79. The van der Waals surface area contributed by atoms with Crippen LogP contribution < -0.4 is 11.1 Å². The zero-order chi connectivity index (χ0) is 11.4. The maximum Gasteiger partial charge on any atom is 0.253 e. The van der Waals surface area contributed by atoms with Crippen LogP contribution in [-0.4, -0.2) is 15.9 Å². The summed E-state index contributed by atoms with van der Waals surface area (Å²) in [5, 5.41) is 5.47. The fourth-order valence-corrected chi connectivity index (χ4v) is 1.76. The van der Waals surface area contributed by atoms with E-state index in [0.29, 0.717) is 17.8 Å². The Morgan fingerprint density at radius 1 is 1.50 bits per heavy atom. The van der Waals surface area contributed by atoms with E-state index in [4.69, 9.17) is 5.73 Å². The van der Waals surface area contributed by atoms with Gasteiger partial charge in [0.25, 0.3) is 5.91 Å². The second-order valence-corrected chi connectivity index (χ2v) is 4.05. The number of carbonyl (C=O) groups excluding carboxylic acids is 1. The highest BCUT2D eigenvalue weighted by Crippen LogP contribution is 2.09. The molecule has 2 rings (SSSR count). The minimum absolute atomic E-state index is 0.213. The second kappa shape index (κ2) is 4.71. The number of nitrogen functional groups attached to an aromatic ring is 1. The molecule has 82 valence electrons. The third kappa shape index (κ3) is 2.34. The van der Waals surface area contributed by atoms with E-state index in [2.05, 4.69) is 15.3 Å². The molecule has 6 heteroatoms. The van der Waals surface area contributed by atoms with Crippen LogP contribution in [0.2, 0.25) is 0 Å². The highest BCUT2D eigenvalue weighted by atomic mass is 32.1. The first-order valence-electron chi connectivity index (χ1n) is 4.63. The summed E-state index contributed by atoms with van der Waals surface area (Å²) in [6.07, 6.45) is 4.69.